The second-order valence-electron chi connectivity index (χ2n) is 5.82. The summed E-state index contributed by atoms with van der Waals surface area (Å²) in [6.07, 6.45) is 1.30. The van der Waals surface area contributed by atoms with E-state index in [1.54, 1.807) is 0 Å². The topological polar surface area (TPSA) is 86.7 Å². The Morgan fingerprint density at radius 2 is 1.67 bits per heavy atom. The Bertz CT molecular complexity index is 578. The van der Waals surface area contributed by atoms with Crippen LogP contribution in [-0.2, 0) is 14.4 Å². The first-order chi connectivity index (χ1) is 11.3. The fraction of sp³-hybridized carbons (Fsp3) is 0.500. The first-order valence-electron chi connectivity index (χ1n) is 8.20. The molecule has 24 heavy (non-hydrogen) atoms. The van der Waals surface area contributed by atoms with Crippen molar-refractivity contribution in [1.82, 2.24) is 4.90 Å². The number of unbranched alkanes of at least 4 members (excludes halogenated alkanes) is 1. The van der Waals surface area contributed by atoms with Crippen molar-refractivity contribution in [3.63, 3.8) is 0 Å². The molecule has 0 aromatic heterocycles. The Balaban J connectivity index is 2.53. The van der Waals surface area contributed by atoms with Gasteiger partial charge >= 0.3 is 5.97 Å². The van der Waals surface area contributed by atoms with E-state index in [-0.39, 0.29) is 31.2 Å². The molecule has 0 aliphatic heterocycles. The van der Waals surface area contributed by atoms with Crippen molar-refractivity contribution in [2.24, 2.45) is 0 Å². The quantitative estimate of drug-likeness (QED) is 0.680. The molecule has 0 unspecified atom stereocenters. The van der Waals surface area contributed by atoms with Crippen molar-refractivity contribution in [1.29, 1.82) is 0 Å². The molecule has 0 bridgehead atoms. The summed E-state index contributed by atoms with van der Waals surface area (Å²) in [5.74, 6) is -1.21. The van der Waals surface area contributed by atoms with E-state index in [0.29, 0.717) is 19.4 Å². The number of likely N-dealkylation sites (N-methyl/N-ethyl adjacent to an activating group) is 1. The fourth-order valence-corrected chi connectivity index (χ4v) is 2.45. The largest absolute Gasteiger partial charge is 0.481 e. The molecule has 0 radical (unpaired) electrons. The van der Waals surface area contributed by atoms with Gasteiger partial charge in [-0.1, -0.05) is 18.2 Å². The minimum atomic E-state index is -0.859. The normalized spacial score (nSPS) is 10.3. The molecule has 0 saturated heterocycles. The van der Waals surface area contributed by atoms with Gasteiger partial charge in [0.15, 0.2) is 0 Å². The van der Waals surface area contributed by atoms with E-state index < -0.39 is 5.97 Å². The summed E-state index contributed by atoms with van der Waals surface area (Å²) in [6.45, 7) is 6.11. The number of carbonyl (C=O) groups excluding carboxylic acids is 2. The molecule has 0 saturated carbocycles. The molecule has 0 fully saturated rings. The summed E-state index contributed by atoms with van der Waals surface area (Å²) in [5, 5.41) is 11.5. The molecule has 0 aliphatic carbocycles. The lowest BCUT2D eigenvalue weighted by Crippen LogP contribution is -2.37. The van der Waals surface area contributed by atoms with Gasteiger partial charge in [0.1, 0.15) is 0 Å². The maximum absolute atomic E-state index is 12.2. The van der Waals surface area contributed by atoms with Crippen LogP contribution in [0.3, 0.4) is 0 Å². The van der Waals surface area contributed by atoms with Crippen molar-refractivity contribution < 1.29 is 19.5 Å². The number of rotatable bonds is 9. The van der Waals surface area contributed by atoms with Crippen LogP contribution in [0.5, 0.6) is 0 Å². The lowest BCUT2D eigenvalue weighted by Gasteiger charge is -2.21. The van der Waals surface area contributed by atoms with E-state index in [1.165, 1.54) is 4.90 Å². The number of carbonyl (C=O) groups is 3. The van der Waals surface area contributed by atoms with E-state index in [9.17, 15) is 14.4 Å². The predicted molar refractivity (Wildman–Crippen MR) is 92.9 cm³/mol. The van der Waals surface area contributed by atoms with Crippen LogP contribution in [0.1, 0.15) is 43.7 Å². The van der Waals surface area contributed by atoms with Crippen molar-refractivity contribution in [2.75, 3.05) is 18.4 Å². The Morgan fingerprint density at radius 1 is 1.08 bits per heavy atom. The maximum atomic E-state index is 12.2. The summed E-state index contributed by atoms with van der Waals surface area (Å²) in [6, 6.07) is 5.78. The Morgan fingerprint density at radius 3 is 2.21 bits per heavy atom. The van der Waals surface area contributed by atoms with Crippen LogP contribution >= 0.6 is 0 Å². The summed E-state index contributed by atoms with van der Waals surface area (Å²) >= 11 is 0. The minimum absolute atomic E-state index is 0.00202. The van der Waals surface area contributed by atoms with Gasteiger partial charge in [-0.2, -0.15) is 0 Å². The average Bonchev–Trinajstić information content (AvgIpc) is 2.52. The van der Waals surface area contributed by atoms with Crippen LogP contribution in [-0.4, -0.2) is 40.9 Å². The third-order valence-corrected chi connectivity index (χ3v) is 3.85. The van der Waals surface area contributed by atoms with Gasteiger partial charge in [-0.15, -0.1) is 0 Å². The molecule has 0 spiro atoms. The van der Waals surface area contributed by atoms with Crippen molar-refractivity contribution in [3.8, 4) is 0 Å². The Hall–Kier alpha value is -2.37. The minimum Gasteiger partial charge on any atom is -0.481 e. The second-order valence-corrected chi connectivity index (χ2v) is 5.82. The number of benzene rings is 1. The molecule has 1 rings (SSSR count). The lowest BCUT2D eigenvalue weighted by atomic mass is 10.1. The molecule has 0 aliphatic rings. The fourth-order valence-electron chi connectivity index (χ4n) is 2.45. The lowest BCUT2D eigenvalue weighted by molar-refractivity contribution is -0.137. The third kappa shape index (κ3) is 6.40. The van der Waals surface area contributed by atoms with Gasteiger partial charge in [-0.25, -0.2) is 0 Å². The molecule has 0 heterocycles. The highest BCUT2D eigenvalue weighted by atomic mass is 16.4. The van der Waals surface area contributed by atoms with E-state index in [4.69, 9.17) is 5.11 Å². The second kappa shape index (κ2) is 9.70. The first kappa shape index (κ1) is 19.7. The van der Waals surface area contributed by atoms with E-state index >= 15 is 0 Å². The SMILES string of the molecule is CCN(CC(=O)Nc1c(C)cccc1C)C(=O)CCCCC(=O)O. The Kier molecular flexibility index (Phi) is 7.95. The van der Waals surface area contributed by atoms with Crippen LogP contribution in [0.15, 0.2) is 18.2 Å². The standard InChI is InChI=1S/C18H26N2O4/c1-4-20(16(22)10-5-6-11-17(23)24)12-15(21)19-18-13(2)8-7-9-14(18)3/h7-9H,4-6,10-12H2,1-3H3,(H,19,21)(H,23,24). The molecule has 132 valence electrons. The van der Waals surface area contributed by atoms with Crippen LogP contribution in [0.4, 0.5) is 5.69 Å². The van der Waals surface area contributed by atoms with Crippen LogP contribution < -0.4 is 5.32 Å². The molecule has 2 N–H and O–H groups in total. The average molecular weight is 334 g/mol. The predicted octanol–water partition coefficient (Wildman–Crippen LogP) is 2.74. The number of carboxylic acid groups (broad SMARTS) is 1. The first-order valence-corrected chi connectivity index (χ1v) is 8.20. The highest BCUT2D eigenvalue weighted by molar-refractivity contribution is 5.95. The van der Waals surface area contributed by atoms with Crippen molar-refractivity contribution >= 4 is 23.5 Å². The van der Waals surface area contributed by atoms with Crippen molar-refractivity contribution in [2.45, 2.75) is 46.5 Å². The number of aryl methyl sites for hydroxylation is 2. The van der Waals surface area contributed by atoms with Crippen LogP contribution in [0, 0.1) is 13.8 Å². The molecule has 1 aromatic rings. The smallest absolute Gasteiger partial charge is 0.303 e. The number of amides is 2. The van der Waals surface area contributed by atoms with Crippen molar-refractivity contribution in [3.05, 3.63) is 29.3 Å². The zero-order valence-corrected chi connectivity index (χ0v) is 14.6. The summed E-state index contributed by atoms with van der Waals surface area (Å²) < 4.78 is 0. The number of anilines is 1. The highest BCUT2D eigenvalue weighted by Gasteiger charge is 2.16. The molecule has 0 atom stereocenters. The number of carboxylic acids is 1. The van der Waals surface area contributed by atoms with Gasteiger partial charge in [-0.05, 0) is 44.7 Å². The number of hydrogen-bond acceptors (Lipinski definition) is 3. The number of aliphatic carboxylic acids is 1. The van der Waals surface area contributed by atoms with Gasteiger partial charge < -0.3 is 15.3 Å². The van der Waals surface area contributed by atoms with Gasteiger partial charge in [0, 0.05) is 25.1 Å². The number of nitrogens with zero attached hydrogens (tertiary/aromatic N) is 1. The Labute approximate surface area is 142 Å². The van der Waals surface area contributed by atoms with Crippen LogP contribution in [0.25, 0.3) is 0 Å². The number of nitrogens with one attached hydrogen (secondary N) is 1. The molecule has 6 heteroatoms. The monoisotopic (exact) mass is 334 g/mol. The summed E-state index contributed by atoms with van der Waals surface area (Å²) in [4.78, 5) is 36.3. The molecule has 2 amide bonds. The van der Waals surface area contributed by atoms with E-state index in [2.05, 4.69) is 5.32 Å². The summed E-state index contributed by atoms with van der Waals surface area (Å²) in [5.41, 5.74) is 2.74. The number of hydrogen-bond donors (Lipinski definition) is 2. The molecular formula is C18H26N2O4. The van der Waals surface area contributed by atoms with Crippen LogP contribution in [0.2, 0.25) is 0 Å². The van der Waals surface area contributed by atoms with Gasteiger partial charge in [0.05, 0.1) is 6.54 Å². The van der Waals surface area contributed by atoms with E-state index in [0.717, 1.165) is 16.8 Å². The van der Waals surface area contributed by atoms with Gasteiger partial charge in [0.25, 0.3) is 0 Å². The van der Waals surface area contributed by atoms with Gasteiger partial charge in [0.2, 0.25) is 11.8 Å². The molecular weight excluding hydrogens is 308 g/mol. The third-order valence-electron chi connectivity index (χ3n) is 3.85. The zero-order chi connectivity index (χ0) is 18.1. The summed E-state index contributed by atoms with van der Waals surface area (Å²) in [7, 11) is 0. The molecule has 1 aromatic carbocycles. The highest BCUT2D eigenvalue weighted by Crippen LogP contribution is 2.19. The maximum Gasteiger partial charge on any atom is 0.303 e. The van der Waals surface area contributed by atoms with E-state index in [1.807, 2.05) is 39.0 Å². The molecule has 6 nitrogen and oxygen atoms in total. The zero-order valence-electron chi connectivity index (χ0n) is 14.6. The number of para-hydroxylation sites is 1. The van der Waals surface area contributed by atoms with Gasteiger partial charge in [-0.3, -0.25) is 14.4 Å².